The van der Waals surface area contributed by atoms with Crippen LogP contribution in [0.2, 0.25) is 5.02 Å². The van der Waals surface area contributed by atoms with E-state index in [4.69, 9.17) is 16.7 Å². The minimum Gasteiger partial charge on any atom is -0.481 e. The number of aliphatic carboxylic acids is 1. The molecule has 9 heteroatoms. The monoisotopic (exact) mass is 371 g/mol. The quantitative estimate of drug-likeness (QED) is 0.581. The molecule has 0 bridgehead atoms. The summed E-state index contributed by atoms with van der Waals surface area (Å²) in [4.78, 5) is 14.4. The lowest BCUT2D eigenvalue weighted by molar-refractivity contribution is -0.138. The summed E-state index contributed by atoms with van der Waals surface area (Å²) in [5.74, 6) is -1.05. The molecule has 0 unspecified atom stereocenters. The van der Waals surface area contributed by atoms with E-state index >= 15 is 0 Å². The van der Waals surface area contributed by atoms with E-state index in [1.807, 2.05) is 0 Å². The predicted molar refractivity (Wildman–Crippen MR) is 87.7 cm³/mol. The summed E-state index contributed by atoms with van der Waals surface area (Å²) >= 11 is 5.80. The number of rotatable bonds is 6. The normalized spacial score (nSPS) is 12.1. The van der Waals surface area contributed by atoms with Gasteiger partial charge in [0.1, 0.15) is 0 Å². The lowest BCUT2D eigenvalue weighted by Crippen LogP contribution is -2.09. The van der Waals surface area contributed by atoms with Crippen LogP contribution >= 0.6 is 11.6 Å². The SMILES string of the molecule is O=C(O)CC/C(=N/Nc1ncc(C(F)(F)F)cc1Cl)c1ccccc1. The van der Waals surface area contributed by atoms with Crippen molar-refractivity contribution in [3.05, 3.63) is 58.7 Å². The number of hydrazone groups is 1. The highest BCUT2D eigenvalue weighted by atomic mass is 35.5. The van der Waals surface area contributed by atoms with E-state index < -0.39 is 17.7 Å². The maximum atomic E-state index is 12.6. The van der Waals surface area contributed by atoms with Gasteiger partial charge in [0.25, 0.3) is 0 Å². The zero-order chi connectivity index (χ0) is 18.4. The van der Waals surface area contributed by atoms with Gasteiger partial charge in [-0.05, 0) is 11.6 Å². The summed E-state index contributed by atoms with van der Waals surface area (Å²) in [6, 6.07) is 9.53. The van der Waals surface area contributed by atoms with Crippen LogP contribution in [0.5, 0.6) is 0 Å². The minimum atomic E-state index is -4.55. The molecular formula is C16H13ClF3N3O2. The van der Waals surface area contributed by atoms with Crippen molar-refractivity contribution in [3.8, 4) is 0 Å². The first-order chi connectivity index (χ1) is 11.8. The van der Waals surface area contributed by atoms with Gasteiger partial charge in [-0.15, -0.1) is 0 Å². The molecule has 1 aromatic heterocycles. The van der Waals surface area contributed by atoms with Crippen LogP contribution in [0.3, 0.4) is 0 Å². The number of hydrogen-bond acceptors (Lipinski definition) is 4. The van der Waals surface area contributed by atoms with Crippen molar-refractivity contribution in [2.75, 3.05) is 5.43 Å². The summed E-state index contributed by atoms with van der Waals surface area (Å²) in [6.07, 6.45) is -3.92. The number of benzene rings is 1. The second kappa shape index (κ2) is 7.98. The van der Waals surface area contributed by atoms with Crippen molar-refractivity contribution in [1.82, 2.24) is 4.98 Å². The average Bonchev–Trinajstić information content (AvgIpc) is 2.55. The van der Waals surface area contributed by atoms with Crippen LogP contribution in [0.4, 0.5) is 19.0 Å². The van der Waals surface area contributed by atoms with Crippen LogP contribution in [0.15, 0.2) is 47.7 Å². The number of hydrogen-bond donors (Lipinski definition) is 2. The van der Waals surface area contributed by atoms with E-state index in [-0.39, 0.29) is 23.7 Å². The Morgan fingerprint density at radius 3 is 2.48 bits per heavy atom. The number of halogens is 4. The molecule has 132 valence electrons. The van der Waals surface area contributed by atoms with Crippen molar-refractivity contribution in [1.29, 1.82) is 0 Å². The standard InChI is InChI=1S/C16H13ClF3N3O2/c17-12-8-11(16(18,19)20)9-21-15(12)23-22-13(6-7-14(24)25)10-4-2-1-3-5-10/h1-5,8-9H,6-7H2,(H,21,23)(H,24,25)/b22-13-. The van der Waals surface area contributed by atoms with Gasteiger partial charge in [-0.1, -0.05) is 41.9 Å². The van der Waals surface area contributed by atoms with Gasteiger partial charge in [-0.2, -0.15) is 18.3 Å². The Balaban J connectivity index is 2.24. The summed E-state index contributed by atoms with van der Waals surface area (Å²) in [5, 5.41) is 12.6. The van der Waals surface area contributed by atoms with Crippen LogP contribution in [-0.2, 0) is 11.0 Å². The molecule has 0 radical (unpaired) electrons. The van der Waals surface area contributed by atoms with E-state index in [0.717, 1.165) is 6.07 Å². The second-order valence-corrected chi connectivity index (χ2v) is 5.39. The van der Waals surface area contributed by atoms with Crippen molar-refractivity contribution < 1.29 is 23.1 Å². The fourth-order valence-electron chi connectivity index (χ4n) is 1.92. The first-order valence-corrected chi connectivity index (χ1v) is 7.47. The minimum absolute atomic E-state index is 0.0570. The molecule has 0 spiro atoms. The summed E-state index contributed by atoms with van der Waals surface area (Å²) in [6.45, 7) is 0. The zero-order valence-corrected chi connectivity index (χ0v) is 13.5. The first kappa shape index (κ1) is 18.7. The molecule has 0 aliphatic carbocycles. The van der Waals surface area contributed by atoms with Crippen molar-refractivity contribution >= 4 is 29.1 Å². The maximum Gasteiger partial charge on any atom is 0.417 e. The zero-order valence-electron chi connectivity index (χ0n) is 12.7. The van der Waals surface area contributed by atoms with E-state index in [1.54, 1.807) is 30.3 Å². The Morgan fingerprint density at radius 1 is 1.24 bits per heavy atom. The lowest BCUT2D eigenvalue weighted by Gasteiger charge is -2.10. The average molecular weight is 372 g/mol. The van der Waals surface area contributed by atoms with E-state index in [1.165, 1.54) is 0 Å². The largest absolute Gasteiger partial charge is 0.481 e. The van der Waals surface area contributed by atoms with Gasteiger partial charge in [0, 0.05) is 12.6 Å². The molecule has 0 fully saturated rings. The van der Waals surface area contributed by atoms with Gasteiger partial charge in [-0.3, -0.25) is 10.2 Å². The Labute approximate surface area is 146 Å². The highest BCUT2D eigenvalue weighted by Gasteiger charge is 2.31. The van der Waals surface area contributed by atoms with Crippen molar-refractivity contribution in [3.63, 3.8) is 0 Å². The van der Waals surface area contributed by atoms with Gasteiger partial charge in [-0.25, -0.2) is 4.98 Å². The molecule has 0 aliphatic heterocycles. The molecule has 0 saturated heterocycles. The number of aromatic nitrogens is 1. The van der Waals surface area contributed by atoms with Gasteiger partial charge in [0.15, 0.2) is 5.82 Å². The molecule has 0 saturated carbocycles. The third kappa shape index (κ3) is 5.46. The number of alkyl halides is 3. The number of carbonyl (C=O) groups is 1. The Kier molecular flexibility index (Phi) is 5.97. The molecule has 1 heterocycles. The van der Waals surface area contributed by atoms with Crippen molar-refractivity contribution in [2.45, 2.75) is 19.0 Å². The fraction of sp³-hybridized carbons (Fsp3) is 0.188. The number of anilines is 1. The van der Waals surface area contributed by atoms with Crippen LogP contribution < -0.4 is 5.43 Å². The smallest absolute Gasteiger partial charge is 0.417 e. The van der Waals surface area contributed by atoms with Crippen molar-refractivity contribution in [2.24, 2.45) is 5.10 Å². The van der Waals surface area contributed by atoms with Gasteiger partial charge in [0.05, 0.1) is 22.7 Å². The summed E-state index contributed by atoms with van der Waals surface area (Å²) in [5.41, 5.74) is 2.62. The van der Waals surface area contributed by atoms with Crippen LogP contribution in [0.1, 0.15) is 24.0 Å². The van der Waals surface area contributed by atoms with E-state index in [0.29, 0.717) is 17.5 Å². The molecule has 2 aromatic rings. The molecule has 1 aromatic carbocycles. The molecule has 5 nitrogen and oxygen atoms in total. The second-order valence-electron chi connectivity index (χ2n) is 4.98. The maximum absolute atomic E-state index is 12.6. The third-order valence-corrected chi connectivity index (χ3v) is 3.44. The third-order valence-electron chi connectivity index (χ3n) is 3.15. The Morgan fingerprint density at radius 2 is 1.92 bits per heavy atom. The van der Waals surface area contributed by atoms with E-state index in [9.17, 15) is 18.0 Å². The Bertz CT molecular complexity index is 780. The van der Waals surface area contributed by atoms with Gasteiger partial charge in [0.2, 0.25) is 0 Å². The number of carboxylic acid groups (broad SMARTS) is 1. The van der Waals surface area contributed by atoms with E-state index in [2.05, 4.69) is 15.5 Å². The molecule has 2 N–H and O–H groups in total. The molecule has 2 rings (SSSR count). The summed E-state index contributed by atoms with van der Waals surface area (Å²) in [7, 11) is 0. The molecule has 0 aliphatic rings. The lowest BCUT2D eigenvalue weighted by atomic mass is 10.1. The fourth-order valence-corrected chi connectivity index (χ4v) is 2.12. The molecular weight excluding hydrogens is 359 g/mol. The van der Waals surface area contributed by atoms with Crippen LogP contribution in [0, 0.1) is 0 Å². The summed E-state index contributed by atoms with van der Waals surface area (Å²) < 4.78 is 37.8. The van der Waals surface area contributed by atoms with Gasteiger partial charge < -0.3 is 5.11 Å². The van der Waals surface area contributed by atoms with Crippen LogP contribution in [-0.4, -0.2) is 21.8 Å². The topological polar surface area (TPSA) is 74.6 Å². The number of nitrogens with one attached hydrogen (secondary N) is 1. The first-order valence-electron chi connectivity index (χ1n) is 7.10. The number of pyridine rings is 1. The molecule has 25 heavy (non-hydrogen) atoms. The Hall–Kier alpha value is -2.61. The molecule has 0 amide bonds. The van der Waals surface area contributed by atoms with Gasteiger partial charge >= 0.3 is 12.1 Å². The predicted octanol–water partition coefficient (Wildman–Crippen LogP) is 4.43. The highest BCUT2D eigenvalue weighted by molar-refractivity contribution is 6.33. The van der Waals surface area contributed by atoms with Crippen LogP contribution in [0.25, 0.3) is 0 Å². The molecule has 0 atom stereocenters. The number of nitrogens with zero attached hydrogens (tertiary/aromatic N) is 2. The highest BCUT2D eigenvalue weighted by Crippen LogP contribution is 2.32. The number of carboxylic acids is 1.